The van der Waals surface area contributed by atoms with Crippen molar-refractivity contribution in [3.8, 4) is 11.4 Å². The fraction of sp³-hybridized carbons (Fsp3) is 0.556. The summed E-state index contributed by atoms with van der Waals surface area (Å²) < 4.78 is 7.36. The van der Waals surface area contributed by atoms with E-state index in [9.17, 15) is 4.79 Å². The number of carbonyl (C=O) groups excluding carboxylic acids is 1. The molecule has 7 heteroatoms. The number of cyclic esters (lactones) is 1. The molecular weight excluding hydrogens is 336 g/mol. The molecule has 25 heavy (non-hydrogen) atoms. The van der Waals surface area contributed by atoms with Crippen LogP contribution in [0, 0.1) is 5.92 Å². The van der Waals surface area contributed by atoms with E-state index in [4.69, 9.17) is 4.74 Å². The average Bonchev–Trinajstić information content (AvgIpc) is 3.23. The summed E-state index contributed by atoms with van der Waals surface area (Å²) in [6, 6.07) is 4.29. The van der Waals surface area contributed by atoms with Crippen LogP contribution in [0.25, 0.3) is 11.4 Å². The van der Waals surface area contributed by atoms with Crippen LogP contribution in [0.1, 0.15) is 45.1 Å². The molecule has 0 unspecified atom stereocenters. The van der Waals surface area contributed by atoms with Gasteiger partial charge in [0.15, 0.2) is 11.0 Å². The Morgan fingerprint density at radius 2 is 2.12 bits per heavy atom. The van der Waals surface area contributed by atoms with Crippen LogP contribution in [0.2, 0.25) is 0 Å². The van der Waals surface area contributed by atoms with Gasteiger partial charge >= 0.3 is 5.97 Å². The Kier molecular flexibility index (Phi) is 4.74. The van der Waals surface area contributed by atoms with Gasteiger partial charge in [0.05, 0.1) is 6.61 Å². The molecule has 132 valence electrons. The first-order chi connectivity index (χ1) is 12.2. The number of esters is 1. The normalized spacial score (nSPS) is 26.6. The molecular formula is C18H22N4O2S. The lowest BCUT2D eigenvalue weighted by atomic mass is 9.85. The van der Waals surface area contributed by atoms with Crippen molar-refractivity contribution >= 4 is 17.7 Å². The number of hydrogen-bond acceptors (Lipinski definition) is 6. The molecule has 6 nitrogen and oxygen atoms in total. The third-order valence-electron chi connectivity index (χ3n) is 5.12. The highest BCUT2D eigenvalue weighted by Crippen LogP contribution is 2.40. The maximum Gasteiger partial charge on any atom is 0.319 e. The van der Waals surface area contributed by atoms with Gasteiger partial charge in [-0.3, -0.25) is 14.3 Å². The van der Waals surface area contributed by atoms with Crippen molar-refractivity contribution in [2.45, 2.75) is 55.5 Å². The van der Waals surface area contributed by atoms with Gasteiger partial charge in [-0.05, 0) is 30.9 Å². The number of rotatable bonds is 4. The summed E-state index contributed by atoms with van der Waals surface area (Å²) in [5.74, 6) is 1.27. The van der Waals surface area contributed by atoms with E-state index in [0.29, 0.717) is 18.6 Å². The van der Waals surface area contributed by atoms with Gasteiger partial charge < -0.3 is 4.74 Å². The highest BCUT2D eigenvalue weighted by Gasteiger charge is 2.33. The van der Waals surface area contributed by atoms with E-state index in [1.807, 2.05) is 18.3 Å². The number of nitrogens with zero attached hydrogens (tertiary/aromatic N) is 4. The van der Waals surface area contributed by atoms with Crippen molar-refractivity contribution < 1.29 is 9.53 Å². The van der Waals surface area contributed by atoms with Crippen molar-refractivity contribution in [3.63, 3.8) is 0 Å². The SMILES string of the molecule is C[C@@H]1CCCC[C@H]1n1c(S[C@H]2CCOC2=O)nnc1-c1cccnc1. The fourth-order valence-corrected chi connectivity index (χ4v) is 4.80. The molecule has 2 aromatic rings. The Balaban J connectivity index is 1.73. The van der Waals surface area contributed by atoms with Crippen LogP contribution in [-0.2, 0) is 9.53 Å². The monoisotopic (exact) mass is 358 g/mol. The second-order valence-electron chi connectivity index (χ2n) is 6.81. The Morgan fingerprint density at radius 1 is 1.24 bits per heavy atom. The fourth-order valence-electron chi connectivity index (χ4n) is 3.74. The zero-order chi connectivity index (χ0) is 17.2. The molecule has 0 aromatic carbocycles. The molecule has 0 radical (unpaired) electrons. The molecule has 0 amide bonds. The molecule has 2 aromatic heterocycles. The topological polar surface area (TPSA) is 69.9 Å². The van der Waals surface area contributed by atoms with Crippen molar-refractivity contribution in [3.05, 3.63) is 24.5 Å². The number of hydrogen-bond donors (Lipinski definition) is 0. The number of thioether (sulfide) groups is 1. The zero-order valence-electron chi connectivity index (χ0n) is 14.3. The van der Waals surface area contributed by atoms with E-state index in [1.165, 1.54) is 31.0 Å². The molecule has 1 saturated heterocycles. The van der Waals surface area contributed by atoms with Crippen LogP contribution >= 0.6 is 11.8 Å². The summed E-state index contributed by atoms with van der Waals surface area (Å²) in [6.45, 7) is 2.80. The van der Waals surface area contributed by atoms with Crippen LogP contribution in [0.3, 0.4) is 0 Å². The lowest BCUT2D eigenvalue weighted by Crippen LogP contribution is -2.23. The first-order valence-corrected chi connectivity index (χ1v) is 9.80. The van der Waals surface area contributed by atoms with Crippen LogP contribution in [0.15, 0.2) is 29.7 Å². The molecule has 2 fully saturated rings. The first kappa shape index (κ1) is 16.6. The predicted octanol–water partition coefficient (Wildman–Crippen LogP) is 3.50. The molecule has 0 bridgehead atoms. The van der Waals surface area contributed by atoms with E-state index < -0.39 is 0 Å². The van der Waals surface area contributed by atoms with Crippen molar-refractivity contribution in [2.75, 3.05) is 6.61 Å². The molecule has 1 aliphatic heterocycles. The molecule has 2 aliphatic rings. The summed E-state index contributed by atoms with van der Waals surface area (Å²) in [4.78, 5) is 16.1. The highest BCUT2D eigenvalue weighted by molar-refractivity contribution is 8.00. The number of aromatic nitrogens is 4. The third kappa shape index (κ3) is 3.29. The van der Waals surface area contributed by atoms with E-state index in [1.54, 1.807) is 6.20 Å². The van der Waals surface area contributed by atoms with Gasteiger partial charge in [0.2, 0.25) is 0 Å². The van der Waals surface area contributed by atoms with Crippen LogP contribution in [0.5, 0.6) is 0 Å². The minimum atomic E-state index is -0.177. The van der Waals surface area contributed by atoms with Crippen LogP contribution < -0.4 is 0 Å². The summed E-state index contributed by atoms with van der Waals surface area (Å²) in [5.41, 5.74) is 0.966. The second kappa shape index (κ2) is 7.15. The van der Waals surface area contributed by atoms with E-state index >= 15 is 0 Å². The number of ether oxygens (including phenoxy) is 1. The summed E-state index contributed by atoms with van der Waals surface area (Å²) in [5, 5.41) is 9.55. The molecule has 4 rings (SSSR count). The Morgan fingerprint density at radius 3 is 2.84 bits per heavy atom. The summed E-state index contributed by atoms with van der Waals surface area (Å²) >= 11 is 1.49. The smallest absolute Gasteiger partial charge is 0.319 e. The zero-order valence-corrected chi connectivity index (χ0v) is 15.1. The molecule has 3 heterocycles. The van der Waals surface area contributed by atoms with Crippen molar-refractivity contribution in [2.24, 2.45) is 5.92 Å². The Hall–Kier alpha value is -1.89. The van der Waals surface area contributed by atoms with Gasteiger partial charge in [-0.25, -0.2) is 0 Å². The number of carbonyl (C=O) groups is 1. The summed E-state index contributed by atoms with van der Waals surface area (Å²) in [7, 11) is 0. The van der Waals surface area contributed by atoms with E-state index in [-0.39, 0.29) is 11.2 Å². The van der Waals surface area contributed by atoms with Gasteiger partial charge in [0, 0.05) is 30.4 Å². The largest absolute Gasteiger partial charge is 0.465 e. The van der Waals surface area contributed by atoms with Gasteiger partial charge in [0.25, 0.3) is 0 Å². The maximum atomic E-state index is 11.9. The molecule has 0 spiro atoms. The third-order valence-corrected chi connectivity index (χ3v) is 6.32. The van der Waals surface area contributed by atoms with Crippen molar-refractivity contribution in [1.82, 2.24) is 19.7 Å². The van der Waals surface area contributed by atoms with Gasteiger partial charge in [0.1, 0.15) is 5.25 Å². The van der Waals surface area contributed by atoms with Gasteiger partial charge in [-0.2, -0.15) is 0 Å². The standard InChI is InChI=1S/C18H22N4O2S/c1-12-5-2-3-7-14(12)22-16(13-6-4-9-19-11-13)20-21-18(22)25-15-8-10-24-17(15)23/h4,6,9,11-12,14-15H,2-3,5,7-8,10H2,1H3/t12-,14-,15+/m1/s1. The minimum Gasteiger partial charge on any atom is -0.465 e. The Labute approximate surface area is 151 Å². The van der Waals surface area contributed by atoms with E-state index in [2.05, 4.69) is 26.7 Å². The van der Waals surface area contributed by atoms with Gasteiger partial charge in [-0.15, -0.1) is 10.2 Å². The predicted molar refractivity (Wildman–Crippen MR) is 95.1 cm³/mol. The first-order valence-electron chi connectivity index (χ1n) is 8.92. The van der Waals surface area contributed by atoms with Crippen LogP contribution in [0.4, 0.5) is 0 Å². The minimum absolute atomic E-state index is 0.140. The lowest BCUT2D eigenvalue weighted by molar-refractivity contribution is -0.137. The highest BCUT2D eigenvalue weighted by atomic mass is 32.2. The number of pyridine rings is 1. The lowest BCUT2D eigenvalue weighted by Gasteiger charge is -2.31. The molecule has 1 aliphatic carbocycles. The quantitative estimate of drug-likeness (QED) is 0.779. The second-order valence-corrected chi connectivity index (χ2v) is 7.98. The maximum absolute atomic E-state index is 11.9. The van der Waals surface area contributed by atoms with Crippen molar-refractivity contribution in [1.29, 1.82) is 0 Å². The van der Waals surface area contributed by atoms with E-state index in [0.717, 1.165) is 29.4 Å². The van der Waals surface area contributed by atoms with Crippen LogP contribution in [-0.4, -0.2) is 37.6 Å². The Bertz CT molecular complexity index is 749. The summed E-state index contributed by atoms with van der Waals surface area (Å²) in [6.07, 6.45) is 9.15. The van der Waals surface area contributed by atoms with Gasteiger partial charge in [-0.1, -0.05) is 31.5 Å². The molecule has 3 atom stereocenters. The molecule has 0 N–H and O–H groups in total. The molecule has 1 saturated carbocycles. The average molecular weight is 358 g/mol.